The first-order chi connectivity index (χ1) is 13.8. The van der Waals surface area contributed by atoms with Crippen LogP contribution >= 0.6 is 11.3 Å². The molecular weight excluding hydrogens is 362 g/mol. The number of aryl methyl sites for hydroxylation is 2. The summed E-state index contributed by atoms with van der Waals surface area (Å²) in [6.45, 7) is 4.50. The summed E-state index contributed by atoms with van der Waals surface area (Å²) in [5, 5.41) is 4.30. The van der Waals surface area contributed by atoms with E-state index in [4.69, 9.17) is 4.52 Å². The van der Waals surface area contributed by atoms with Crippen molar-refractivity contribution in [3.8, 4) is 21.9 Å². The summed E-state index contributed by atoms with van der Waals surface area (Å²) in [6.07, 6.45) is 12.9. The summed E-state index contributed by atoms with van der Waals surface area (Å²) in [6, 6.07) is 15.3. The zero-order valence-corrected chi connectivity index (χ0v) is 18.2. The van der Waals surface area contributed by atoms with Crippen molar-refractivity contribution in [1.29, 1.82) is 0 Å². The van der Waals surface area contributed by atoms with Crippen LogP contribution in [0.4, 0.5) is 0 Å². The Labute approximate surface area is 174 Å². The quantitative estimate of drug-likeness (QED) is 0.288. The van der Waals surface area contributed by atoms with Gasteiger partial charge in [-0.05, 0) is 43.4 Å². The van der Waals surface area contributed by atoms with Gasteiger partial charge in [-0.2, -0.15) is 0 Å². The Morgan fingerprint density at radius 3 is 2.32 bits per heavy atom. The van der Waals surface area contributed by atoms with Crippen molar-refractivity contribution in [3.05, 3.63) is 52.9 Å². The molecule has 0 unspecified atom stereocenters. The monoisotopic (exact) mass is 395 g/mol. The van der Waals surface area contributed by atoms with E-state index >= 15 is 0 Å². The zero-order chi connectivity index (χ0) is 19.6. The molecular formula is C25H33NOS. The van der Waals surface area contributed by atoms with Gasteiger partial charge >= 0.3 is 0 Å². The van der Waals surface area contributed by atoms with Crippen LogP contribution in [0, 0.1) is 0 Å². The fraction of sp³-hybridized carbons (Fsp3) is 0.480. The number of hydrogen-bond acceptors (Lipinski definition) is 3. The maximum absolute atomic E-state index is 5.63. The molecule has 0 bridgehead atoms. The Bertz CT molecular complexity index is 815. The Balaban J connectivity index is 1.54. The average Bonchev–Trinajstić information content (AvgIpc) is 3.39. The van der Waals surface area contributed by atoms with Crippen LogP contribution in [0.5, 0.6) is 0 Å². The molecule has 0 fully saturated rings. The van der Waals surface area contributed by atoms with Crippen molar-refractivity contribution in [2.24, 2.45) is 0 Å². The molecule has 0 atom stereocenters. The number of benzene rings is 1. The Hall–Kier alpha value is -1.87. The minimum atomic E-state index is 0.874. The number of nitrogens with zero attached hydrogens (tertiary/aromatic N) is 1. The van der Waals surface area contributed by atoms with Crippen LogP contribution in [0.25, 0.3) is 21.9 Å². The molecule has 3 aromatic rings. The van der Waals surface area contributed by atoms with Crippen LogP contribution < -0.4 is 0 Å². The van der Waals surface area contributed by atoms with Gasteiger partial charge in [0.15, 0.2) is 5.76 Å². The second-order valence-corrected chi connectivity index (χ2v) is 8.83. The lowest BCUT2D eigenvalue weighted by Crippen LogP contribution is -1.87. The zero-order valence-electron chi connectivity index (χ0n) is 17.4. The molecule has 1 aromatic carbocycles. The van der Waals surface area contributed by atoms with Crippen molar-refractivity contribution in [2.75, 3.05) is 0 Å². The maximum atomic E-state index is 5.63. The number of unbranched alkanes of at least 4 members (excludes halogenated alkanes) is 6. The third-order valence-electron chi connectivity index (χ3n) is 5.26. The molecule has 0 aliphatic rings. The van der Waals surface area contributed by atoms with E-state index < -0.39 is 0 Å². The fourth-order valence-electron chi connectivity index (χ4n) is 3.47. The molecule has 2 heterocycles. The summed E-state index contributed by atoms with van der Waals surface area (Å²) < 4.78 is 5.63. The Kier molecular flexibility index (Phi) is 8.35. The first-order valence-corrected chi connectivity index (χ1v) is 11.8. The van der Waals surface area contributed by atoms with E-state index in [0.717, 1.165) is 23.4 Å². The van der Waals surface area contributed by atoms with E-state index in [1.54, 1.807) is 0 Å². The third kappa shape index (κ3) is 6.07. The lowest BCUT2D eigenvalue weighted by atomic mass is 10.0. The van der Waals surface area contributed by atoms with E-state index in [-0.39, 0.29) is 0 Å². The first-order valence-electron chi connectivity index (χ1n) is 10.9. The minimum absolute atomic E-state index is 0.874. The second kappa shape index (κ2) is 11.2. The highest BCUT2D eigenvalue weighted by atomic mass is 32.1. The molecule has 2 aromatic heterocycles. The fourth-order valence-corrected chi connectivity index (χ4v) is 4.47. The molecule has 0 aliphatic carbocycles. The van der Waals surface area contributed by atoms with E-state index in [9.17, 15) is 0 Å². The van der Waals surface area contributed by atoms with Crippen molar-refractivity contribution in [3.63, 3.8) is 0 Å². The summed E-state index contributed by atoms with van der Waals surface area (Å²) in [5.74, 6) is 0.874. The molecule has 0 amide bonds. The molecule has 0 spiro atoms. The molecule has 3 heteroatoms. The number of thiophene rings is 1. The van der Waals surface area contributed by atoms with Gasteiger partial charge in [-0.25, -0.2) is 0 Å². The van der Waals surface area contributed by atoms with Crippen LogP contribution in [0.2, 0.25) is 0 Å². The summed E-state index contributed by atoms with van der Waals surface area (Å²) in [5.41, 5.74) is 3.47. The van der Waals surface area contributed by atoms with Gasteiger partial charge < -0.3 is 4.52 Å². The highest BCUT2D eigenvalue weighted by Crippen LogP contribution is 2.32. The molecule has 0 saturated carbocycles. The number of aromatic nitrogens is 1. The largest absolute Gasteiger partial charge is 0.355 e. The summed E-state index contributed by atoms with van der Waals surface area (Å²) in [4.78, 5) is 2.60. The predicted molar refractivity (Wildman–Crippen MR) is 121 cm³/mol. The average molecular weight is 396 g/mol. The normalized spacial score (nSPS) is 11.2. The van der Waals surface area contributed by atoms with Crippen LogP contribution in [-0.4, -0.2) is 5.16 Å². The van der Waals surface area contributed by atoms with Crippen LogP contribution in [0.15, 0.2) is 47.0 Å². The predicted octanol–water partition coefficient (Wildman–Crippen LogP) is 8.32. The Morgan fingerprint density at radius 2 is 1.54 bits per heavy atom. The molecule has 0 aliphatic heterocycles. The summed E-state index contributed by atoms with van der Waals surface area (Å²) >= 11 is 1.82. The highest BCUT2D eigenvalue weighted by Gasteiger charge is 2.11. The summed E-state index contributed by atoms with van der Waals surface area (Å²) in [7, 11) is 0. The van der Waals surface area contributed by atoms with Gasteiger partial charge in [0.2, 0.25) is 0 Å². The molecule has 28 heavy (non-hydrogen) atoms. The first kappa shape index (κ1) is 20.9. The molecule has 0 N–H and O–H groups in total. The third-order valence-corrected chi connectivity index (χ3v) is 6.42. The van der Waals surface area contributed by atoms with Crippen molar-refractivity contribution < 1.29 is 4.52 Å². The van der Waals surface area contributed by atoms with Crippen molar-refractivity contribution in [2.45, 2.75) is 78.1 Å². The van der Waals surface area contributed by atoms with E-state index in [2.05, 4.69) is 61.5 Å². The maximum Gasteiger partial charge on any atom is 0.177 e. The molecule has 3 rings (SSSR count). The van der Waals surface area contributed by atoms with Crippen LogP contribution in [0.3, 0.4) is 0 Å². The lowest BCUT2D eigenvalue weighted by molar-refractivity contribution is 0.436. The van der Waals surface area contributed by atoms with Gasteiger partial charge in [-0.1, -0.05) is 81.8 Å². The van der Waals surface area contributed by atoms with Crippen LogP contribution in [0.1, 0.15) is 75.7 Å². The SMILES string of the molecule is CCCCCCCCc1ccc(-c2cc(-c3ccc(CCCC)s3)on2)cc1. The van der Waals surface area contributed by atoms with E-state index in [1.165, 1.54) is 73.1 Å². The van der Waals surface area contributed by atoms with Gasteiger partial charge in [-0.15, -0.1) is 11.3 Å². The molecule has 0 saturated heterocycles. The smallest absolute Gasteiger partial charge is 0.177 e. The minimum Gasteiger partial charge on any atom is -0.355 e. The van der Waals surface area contributed by atoms with Crippen molar-refractivity contribution in [1.82, 2.24) is 5.16 Å². The highest BCUT2D eigenvalue weighted by molar-refractivity contribution is 7.15. The second-order valence-electron chi connectivity index (χ2n) is 7.66. The topological polar surface area (TPSA) is 26.0 Å². The lowest BCUT2D eigenvalue weighted by Gasteiger charge is -2.03. The van der Waals surface area contributed by atoms with Gasteiger partial charge in [0, 0.05) is 16.5 Å². The Morgan fingerprint density at radius 1 is 0.786 bits per heavy atom. The van der Waals surface area contributed by atoms with Crippen LogP contribution in [-0.2, 0) is 12.8 Å². The van der Waals surface area contributed by atoms with Gasteiger partial charge in [0.1, 0.15) is 5.69 Å². The van der Waals surface area contributed by atoms with Gasteiger partial charge in [0.05, 0.1) is 4.88 Å². The van der Waals surface area contributed by atoms with Gasteiger partial charge in [0.25, 0.3) is 0 Å². The molecule has 0 radical (unpaired) electrons. The van der Waals surface area contributed by atoms with Gasteiger partial charge in [-0.3, -0.25) is 0 Å². The number of rotatable bonds is 12. The molecule has 2 nitrogen and oxygen atoms in total. The standard InChI is InChI=1S/C25H33NOS/c1-3-5-7-8-9-10-11-20-13-15-21(16-14-20)23-19-24(27-26-23)25-18-17-22(28-25)12-6-4-2/h13-19H,3-12H2,1-2H3. The van der Waals surface area contributed by atoms with E-state index in [0.29, 0.717) is 0 Å². The molecule has 150 valence electrons. The van der Waals surface area contributed by atoms with E-state index in [1.807, 2.05) is 11.3 Å². The number of hydrogen-bond donors (Lipinski definition) is 0. The van der Waals surface area contributed by atoms with Crippen molar-refractivity contribution >= 4 is 11.3 Å².